The summed E-state index contributed by atoms with van der Waals surface area (Å²) in [5.41, 5.74) is 6.57. The van der Waals surface area contributed by atoms with Gasteiger partial charge in [0.1, 0.15) is 11.5 Å². The summed E-state index contributed by atoms with van der Waals surface area (Å²) in [5, 5.41) is 7.47. The molecule has 0 bridgehead atoms. The van der Waals surface area contributed by atoms with Crippen LogP contribution in [0.4, 0.5) is 24.7 Å². The number of hydrogen-bond donors (Lipinski definition) is 3. The van der Waals surface area contributed by atoms with Crippen molar-refractivity contribution in [3.05, 3.63) is 95.9 Å². The lowest BCUT2D eigenvalue weighted by atomic mass is 10.0. The van der Waals surface area contributed by atoms with E-state index in [0.717, 1.165) is 10.1 Å². The van der Waals surface area contributed by atoms with Gasteiger partial charge in [-0.1, -0.05) is 36.4 Å². The predicted molar refractivity (Wildman–Crippen MR) is 142 cm³/mol. The Balaban J connectivity index is 1.34. The van der Waals surface area contributed by atoms with Crippen molar-refractivity contribution in [2.75, 3.05) is 11.1 Å². The van der Waals surface area contributed by atoms with Gasteiger partial charge in [-0.25, -0.2) is 22.8 Å². The fourth-order valence-electron chi connectivity index (χ4n) is 4.63. The Kier molecular flexibility index (Phi) is 5.85. The number of carbonyl (C=O) groups excluding carboxylic acids is 1. The molecule has 1 aliphatic rings. The van der Waals surface area contributed by atoms with Crippen LogP contribution in [0.1, 0.15) is 21.7 Å². The number of carbonyl (C=O) groups is 1. The van der Waals surface area contributed by atoms with Crippen molar-refractivity contribution in [1.29, 1.82) is 0 Å². The number of rotatable bonds is 4. The first-order valence-electron chi connectivity index (χ1n) is 11.9. The van der Waals surface area contributed by atoms with E-state index in [2.05, 4.69) is 20.1 Å². The van der Waals surface area contributed by atoms with E-state index in [-0.39, 0.29) is 34.3 Å². The number of aromatic nitrogens is 3. The number of fused-ring (bicyclic) bond motifs is 2. The molecule has 0 saturated carbocycles. The lowest BCUT2D eigenvalue weighted by Crippen LogP contribution is -2.17. The zero-order valence-electron chi connectivity index (χ0n) is 20.4. The average Bonchev–Trinajstić information content (AvgIpc) is 3.51. The molecule has 0 saturated heterocycles. The molecule has 0 aliphatic carbocycles. The zero-order chi connectivity index (χ0) is 28.2. The van der Waals surface area contributed by atoms with Crippen LogP contribution in [0.15, 0.2) is 83.9 Å². The second kappa shape index (κ2) is 9.17. The molecule has 9 nitrogen and oxygen atoms in total. The Labute approximate surface area is 225 Å². The van der Waals surface area contributed by atoms with Gasteiger partial charge in [-0.15, -0.1) is 0 Å². The molecule has 1 aliphatic heterocycles. The summed E-state index contributed by atoms with van der Waals surface area (Å²) in [6.45, 7) is 0.202. The fraction of sp³-hybridized carbons (Fsp3) is 0.0741. The van der Waals surface area contributed by atoms with Gasteiger partial charge >= 0.3 is 6.18 Å². The Bertz CT molecular complexity index is 1920. The summed E-state index contributed by atoms with van der Waals surface area (Å²) in [4.78, 5) is 17.4. The molecule has 0 fully saturated rings. The third-order valence-electron chi connectivity index (χ3n) is 6.53. The van der Waals surface area contributed by atoms with Crippen molar-refractivity contribution in [2.45, 2.75) is 17.6 Å². The first kappa shape index (κ1) is 25.5. The van der Waals surface area contributed by atoms with E-state index in [1.54, 1.807) is 42.5 Å². The number of sulfonamides is 1. The zero-order valence-corrected chi connectivity index (χ0v) is 21.2. The van der Waals surface area contributed by atoms with Crippen LogP contribution < -0.4 is 15.8 Å². The minimum Gasteiger partial charge on any atom is -0.383 e. The van der Waals surface area contributed by atoms with Crippen LogP contribution in [-0.4, -0.2) is 29.1 Å². The number of pyridine rings is 1. The van der Waals surface area contributed by atoms with Crippen LogP contribution in [0.2, 0.25) is 0 Å². The first-order chi connectivity index (χ1) is 19.0. The van der Waals surface area contributed by atoms with Gasteiger partial charge in [0.25, 0.3) is 5.91 Å². The molecule has 13 heteroatoms. The number of alkyl halides is 3. The van der Waals surface area contributed by atoms with Gasteiger partial charge in [-0.2, -0.15) is 18.3 Å². The Morgan fingerprint density at radius 2 is 1.80 bits per heavy atom. The molecule has 1 amide bonds. The number of nitrogens with two attached hydrogens (primary N) is 1. The highest BCUT2D eigenvalue weighted by Crippen LogP contribution is 2.34. The summed E-state index contributed by atoms with van der Waals surface area (Å²) in [6, 6.07) is 18.5. The standard InChI is InChI=1S/C27H19F3N6O3S/c28-27(29,30)23-13-22(36(35-23)19-9-6-16-10-11-32-25(31)21(16)12-19)26(37)34-18-7-4-15(5-8-18)20-3-1-2-17-14-33-40(38,39)24(17)20/h1-13,33H,14H2,(H2,31,32)(H,34,37). The molecule has 0 unspecified atom stereocenters. The quantitative estimate of drug-likeness (QED) is 0.289. The molecule has 3 aromatic carbocycles. The van der Waals surface area contributed by atoms with E-state index in [1.165, 1.54) is 30.5 Å². The maximum atomic E-state index is 13.6. The van der Waals surface area contributed by atoms with Crippen molar-refractivity contribution in [2.24, 2.45) is 0 Å². The molecular formula is C27H19F3N6O3S. The van der Waals surface area contributed by atoms with E-state index in [1.807, 2.05) is 0 Å². The summed E-state index contributed by atoms with van der Waals surface area (Å²) >= 11 is 0. The summed E-state index contributed by atoms with van der Waals surface area (Å²) in [6.07, 6.45) is -3.28. The summed E-state index contributed by atoms with van der Waals surface area (Å²) < 4.78 is 69.0. The number of nitrogens with zero attached hydrogens (tertiary/aromatic N) is 3. The predicted octanol–water partition coefficient (Wildman–Crippen LogP) is 4.73. The monoisotopic (exact) mass is 564 g/mol. The molecule has 2 aromatic heterocycles. The van der Waals surface area contributed by atoms with Gasteiger partial charge in [0, 0.05) is 35.4 Å². The van der Waals surface area contributed by atoms with Gasteiger partial charge < -0.3 is 11.1 Å². The molecule has 0 radical (unpaired) electrons. The van der Waals surface area contributed by atoms with Crippen molar-refractivity contribution >= 4 is 38.2 Å². The molecule has 6 rings (SSSR count). The van der Waals surface area contributed by atoms with Crippen LogP contribution in [-0.2, 0) is 22.7 Å². The van der Waals surface area contributed by atoms with Crippen LogP contribution in [0.3, 0.4) is 0 Å². The lowest BCUT2D eigenvalue weighted by Gasteiger charge is -2.11. The van der Waals surface area contributed by atoms with Gasteiger partial charge in [0.2, 0.25) is 10.0 Å². The largest absolute Gasteiger partial charge is 0.435 e. The van der Waals surface area contributed by atoms with Crippen molar-refractivity contribution in [1.82, 2.24) is 19.5 Å². The SMILES string of the molecule is Nc1nccc2ccc(-n3nc(C(F)(F)F)cc3C(=O)Nc3ccc(-c4cccc5c4S(=O)(=O)NC5)cc3)cc12. The molecule has 0 atom stereocenters. The van der Waals surface area contributed by atoms with Gasteiger partial charge in [-0.3, -0.25) is 4.79 Å². The van der Waals surface area contributed by atoms with E-state index >= 15 is 0 Å². The fourth-order valence-corrected chi connectivity index (χ4v) is 6.08. The number of amides is 1. The van der Waals surface area contributed by atoms with Crippen molar-refractivity contribution in [3.8, 4) is 16.8 Å². The molecule has 0 spiro atoms. The van der Waals surface area contributed by atoms with E-state index in [9.17, 15) is 26.4 Å². The van der Waals surface area contributed by atoms with E-state index in [4.69, 9.17) is 5.73 Å². The number of anilines is 2. The third-order valence-corrected chi connectivity index (χ3v) is 8.07. The maximum absolute atomic E-state index is 13.6. The second-order valence-electron chi connectivity index (χ2n) is 9.08. The van der Waals surface area contributed by atoms with Crippen LogP contribution in [0.5, 0.6) is 0 Å². The topological polar surface area (TPSA) is 132 Å². The highest BCUT2D eigenvalue weighted by Gasteiger charge is 2.36. The van der Waals surface area contributed by atoms with Gasteiger partial charge in [0.15, 0.2) is 5.69 Å². The Morgan fingerprint density at radius 3 is 2.55 bits per heavy atom. The van der Waals surface area contributed by atoms with Crippen LogP contribution in [0.25, 0.3) is 27.6 Å². The normalized spacial score (nSPS) is 14.3. The number of halogens is 3. The molecular weight excluding hydrogens is 545 g/mol. The van der Waals surface area contributed by atoms with Crippen molar-refractivity contribution < 1.29 is 26.4 Å². The second-order valence-corrected chi connectivity index (χ2v) is 10.8. The van der Waals surface area contributed by atoms with Crippen LogP contribution in [0, 0.1) is 0 Å². The van der Waals surface area contributed by atoms with E-state index < -0.39 is 27.8 Å². The number of benzene rings is 3. The summed E-state index contributed by atoms with van der Waals surface area (Å²) in [7, 11) is -3.64. The Morgan fingerprint density at radius 1 is 1.02 bits per heavy atom. The molecule has 202 valence electrons. The molecule has 5 aromatic rings. The molecule has 40 heavy (non-hydrogen) atoms. The highest BCUT2D eigenvalue weighted by atomic mass is 32.2. The third kappa shape index (κ3) is 4.44. The van der Waals surface area contributed by atoms with E-state index in [0.29, 0.717) is 28.1 Å². The minimum atomic E-state index is -4.79. The number of nitrogen functional groups attached to an aromatic ring is 1. The van der Waals surface area contributed by atoms with Crippen molar-refractivity contribution in [3.63, 3.8) is 0 Å². The van der Waals surface area contributed by atoms with Gasteiger partial charge in [-0.05, 0) is 46.8 Å². The first-order valence-corrected chi connectivity index (χ1v) is 13.3. The lowest BCUT2D eigenvalue weighted by molar-refractivity contribution is -0.141. The highest BCUT2D eigenvalue weighted by molar-refractivity contribution is 7.90. The number of nitrogens with one attached hydrogen (secondary N) is 2. The molecule has 3 heterocycles. The summed E-state index contributed by atoms with van der Waals surface area (Å²) in [5.74, 6) is -0.649. The van der Waals surface area contributed by atoms with Crippen LogP contribution >= 0.6 is 0 Å². The maximum Gasteiger partial charge on any atom is 0.435 e. The Hall–Kier alpha value is -4.75. The van der Waals surface area contributed by atoms with Gasteiger partial charge in [0.05, 0.1) is 10.6 Å². The average molecular weight is 565 g/mol. The molecule has 4 N–H and O–H groups in total. The number of hydrogen-bond acceptors (Lipinski definition) is 6. The smallest absolute Gasteiger partial charge is 0.383 e. The minimum absolute atomic E-state index is 0.182.